The van der Waals surface area contributed by atoms with E-state index in [1.54, 1.807) is 30.7 Å². The number of amides is 1. The molecule has 22 heavy (non-hydrogen) atoms. The van der Waals surface area contributed by atoms with E-state index >= 15 is 0 Å². The summed E-state index contributed by atoms with van der Waals surface area (Å²) in [6.45, 7) is 1.34. The summed E-state index contributed by atoms with van der Waals surface area (Å²) >= 11 is 6.06. The normalized spacial score (nSPS) is 12.9. The maximum Gasteiger partial charge on any atom is 0.244 e. The fraction of sp³-hybridized carbons (Fsp3) is 0.308. The molecule has 0 aliphatic carbocycles. The number of pyridine rings is 1. The van der Waals surface area contributed by atoms with Crippen LogP contribution in [0.3, 0.4) is 0 Å². The Morgan fingerprint density at radius 2 is 2.14 bits per heavy atom. The number of rotatable bonds is 4. The quantitative estimate of drug-likeness (QED) is 0.836. The van der Waals surface area contributed by atoms with Crippen molar-refractivity contribution in [3.8, 4) is 5.69 Å². The molecule has 0 aromatic carbocycles. The molecule has 9 heteroatoms. The summed E-state index contributed by atoms with van der Waals surface area (Å²) in [5.41, 5.74) is 0.999. The zero-order valence-corrected chi connectivity index (χ0v) is 13.8. The fourth-order valence-corrected chi connectivity index (χ4v) is 2.55. The summed E-state index contributed by atoms with van der Waals surface area (Å²) in [6, 6.07) is 3.52. The van der Waals surface area contributed by atoms with Crippen LogP contribution in [0, 0.1) is 0 Å². The molecule has 118 valence electrons. The molecule has 2 rings (SSSR count). The molecule has 0 aliphatic rings. The highest BCUT2D eigenvalue weighted by Crippen LogP contribution is 2.26. The van der Waals surface area contributed by atoms with Crippen molar-refractivity contribution < 1.29 is 13.2 Å². The van der Waals surface area contributed by atoms with Crippen LogP contribution in [0.4, 0.5) is 5.69 Å². The average Bonchev–Trinajstić information content (AvgIpc) is 2.87. The number of hydrogen-bond donors (Lipinski definition) is 0. The zero-order valence-electron chi connectivity index (χ0n) is 12.3. The maximum absolute atomic E-state index is 12.2. The highest BCUT2D eigenvalue weighted by Gasteiger charge is 2.29. The molecule has 2 aromatic heterocycles. The molecule has 2 heterocycles. The van der Waals surface area contributed by atoms with Crippen LogP contribution in [-0.2, 0) is 14.6 Å². The molecule has 0 spiro atoms. The van der Waals surface area contributed by atoms with Crippen LogP contribution in [0.15, 0.2) is 30.7 Å². The Morgan fingerprint density at radius 1 is 1.45 bits per heavy atom. The fourth-order valence-electron chi connectivity index (χ4n) is 1.76. The lowest BCUT2D eigenvalue weighted by Gasteiger charge is -2.19. The van der Waals surface area contributed by atoms with Gasteiger partial charge in [0, 0.05) is 19.5 Å². The van der Waals surface area contributed by atoms with E-state index in [4.69, 9.17) is 11.6 Å². The van der Waals surface area contributed by atoms with Crippen LogP contribution in [0.25, 0.3) is 5.69 Å². The van der Waals surface area contributed by atoms with Gasteiger partial charge in [-0.3, -0.25) is 9.78 Å². The summed E-state index contributed by atoms with van der Waals surface area (Å²) in [7, 11) is -2.03. The molecular weight excluding hydrogens is 328 g/mol. The van der Waals surface area contributed by atoms with Crippen LogP contribution in [0.1, 0.15) is 6.92 Å². The summed E-state index contributed by atoms with van der Waals surface area (Å²) in [6.07, 6.45) is 5.78. The summed E-state index contributed by atoms with van der Waals surface area (Å²) < 4.78 is 24.5. The lowest BCUT2D eigenvalue weighted by Crippen LogP contribution is -2.38. The predicted molar refractivity (Wildman–Crippen MR) is 84.1 cm³/mol. The van der Waals surface area contributed by atoms with E-state index in [1.807, 2.05) is 0 Å². The molecule has 0 radical (unpaired) electrons. The second-order valence-electron chi connectivity index (χ2n) is 4.83. The van der Waals surface area contributed by atoms with Crippen molar-refractivity contribution >= 4 is 33.0 Å². The first-order valence-electron chi connectivity index (χ1n) is 6.34. The van der Waals surface area contributed by atoms with Crippen molar-refractivity contribution in [2.24, 2.45) is 0 Å². The van der Waals surface area contributed by atoms with Crippen LogP contribution in [0.2, 0.25) is 5.15 Å². The molecular formula is C13H15ClN4O3S. The highest BCUT2D eigenvalue weighted by molar-refractivity contribution is 7.92. The number of carbonyl (C=O) groups is 1. The Labute approximate surface area is 133 Å². The molecule has 1 atom stereocenters. The molecule has 0 saturated heterocycles. The van der Waals surface area contributed by atoms with Gasteiger partial charge in [0.2, 0.25) is 5.91 Å². The van der Waals surface area contributed by atoms with Crippen molar-refractivity contribution in [2.75, 3.05) is 18.2 Å². The summed E-state index contributed by atoms with van der Waals surface area (Å²) in [5, 5.41) is 3.05. The number of carbonyl (C=O) groups excluding carboxylic acids is 1. The molecule has 2 aromatic rings. The van der Waals surface area contributed by atoms with Crippen LogP contribution < -0.4 is 4.90 Å². The second kappa shape index (κ2) is 6.05. The minimum Gasteiger partial charge on any atom is -0.310 e. The molecule has 0 bridgehead atoms. The van der Waals surface area contributed by atoms with E-state index in [0.29, 0.717) is 11.4 Å². The smallest absolute Gasteiger partial charge is 0.244 e. The first kappa shape index (κ1) is 16.4. The molecule has 0 aliphatic heterocycles. The number of anilines is 1. The molecule has 0 fully saturated rings. The highest BCUT2D eigenvalue weighted by atomic mass is 35.5. The van der Waals surface area contributed by atoms with E-state index in [9.17, 15) is 13.2 Å². The number of sulfone groups is 1. The SMILES string of the molecule is CC(C(=O)N(C)c1cn(-c2cccnc2)nc1Cl)S(C)(=O)=O. The molecule has 0 N–H and O–H groups in total. The standard InChI is InChI=1S/C13H15ClN4O3S/c1-9(22(3,20)21)13(19)17(2)11-8-18(16-12(11)14)10-5-4-6-15-7-10/h4-9H,1-3H3. The summed E-state index contributed by atoms with van der Waals surface area (Å²) in [5.74, 6) is -0.574. The minimum absolute atomic E-state index is 0.0976. The Balaban J connectivity index is 2.34. The Bertz CT molecular complexity index is 789. The van der Waals surface area contributed by atoms with Gasteiger partial charge < -0.3 is 4.90 Å². The number of aromatic nitrogens is 3. The molecule has 0 saturated carbocycles. The zero-order chi connectivity index (χ0) is 16.5. The molecule has 7 nitrogen and oxygen atoms in total. The van der Waals surface area contributed by atoms with Crippen molar-refractivity contribution in [1.29, 1.82) is 0 Å². The van der Waals surface area contributed by atoms with Crippen molar-refractivity contribution in [2.45, 2.75) is 12.2 Å². The van der Waals surface area contributed by atoms with Crippen LogP contribution in [-0.4, -0.2) is 47.6 Å². The van der Waals surface area contributed by atoms with Gasteiger partial charge in [-0.1, -0.05) is 11.6 Å². The maximum atomic E-state index is 12.2. The first-order valence-corrected chi connectivity index (χ1v) is 8.67. The van der Waals surface area contributed by atoms with Gasteiger partial charge >= 0.3 is 0 Å². The van der Waals surface area contributed by atoms with Gasteiger partial charge in [-0.05, 0) is 19.1 Å². The van der Waals surface area contributed by atoms with Gasteiger partial charge in [-0.25, -0.2) is 13.1 Å². The lowest BCUT2D eigenvalue weighted by molar-refractivity contribution is -0.117. The van der Waals surface area contributed by atoms with Crippen LogP contribution in [0.5, 0.6) is 0 Å². The number of halogens is 1. The van der Waals surface area contributed by atoms with E-state index < -0.39 is 21.0 Å². The van der Waals surface area contributed by atoms with Crippen molar-refractivity contribution in [3.63, 3.8) is 0 Å². The van der Waals surface area contributed by atoms with Crippen molar-refractivity contribution in [1.82, 2.24) is 14.8 Å². The van der Waals surface area contributed by atoms with Gasteiger partial charge in [0.25, 0.3) is 0 Å². The minimum atomic E-state index is -3.48. The van der Waals surface area contributed by atoms with E-state index in [2.05, 4.69) is 10.1 Å². The van der Waals surface area contributed by atoms with Crippen LogP contribution >= 0.6 is 11.6 Å². The molecule has 1 unspecified atom stereocenters. The number of hydrogen-bond acceptors (Lipinski definition) is 5. The second-order valence-corrected chi connectivity index (χ2v) is 7.55. The number of nitrogens with zero attached hydrogens (tertiary/aromatic N) is 4. The van der Waals surface area contributed by atoms with E-state index in [0.717, 1.165) is 6.26 Å². The van der Waals surface area contributed by atoms with Gasteiger partial charge in [-0.15, -0.1) is 0 Å². The first-order chi connectivity index (χ1) is 10.2. The summed E-state index contributed by atoms with van der Waals surface area (Å²) in [4.78, 5) is 17.4. The third kappa shape index (κ3) is 3.28. The van der Waals surface area contributed by atoms with E-state index in [1.165, 1.54) is 23.6 Å². The Morgan fingerprint density at radius 3 is 2.68 bits per heavy atom. The molecule has 1 amide bonds. The van der Waals surface area contributed by atoms with Gasteiger partial charge in [0.1, 0.15) is 10.9 Å². The van der Waals surface area contributed by atoms with Crippen molar-refractivity contribution in [3.05, 3.63) is 35.9 Å². The van der Waals surface area contributed by atoms with E-state index in [-0.39, 0.29) is 5.15 Å². The van der Waals surface area contributed by atoms with Gasteiger partial charge in [-0.2, -0.15) is 5.10 Å². The third-order valence-corrected chi connectivity index (χ3v) is 5.00. The monoisotopic (exact) mass is 342 g/mol. The largest absolute Gasteiger partial charge is 0.310 e. The third-order valence-electron chi connectivity index (χ3n) is 3.24. The topological polar surface area (TPSA) is 85.2 Å². The predicted octanol–water partition coefficient (Wildman–Crippen LogP) is 1.32. The van der Waals surface area contributed by atoms with Gasteiger partial charge in [0.15, 0.2) is 15.0 Å². The van der Waals surface area contributed by atoms with Gasteiger partial charge in [0.05, 0.1) is 18.1 Å². The average molecular weight is 343 g/mol. The Kier molecular flexibility index (Phi) is 4.52. The lowest BCUT2D eigenvalue weighted by atomic mass is 10.3. The Hall–Kier alpha value is -1.93.